The molecule has 0 N–H and O–H groups in total. The molecule has 22 heavy (non-hydrogen) atoms. The van der Waals surface area contributed by atoms with Crippen molar-refractivity contribution in [3.63, 3.8) is 0 Å². The summed E-state index contributed by atoms with van der Waals surface area (Å²) in [5.41, 5.74) is 0. The zero-order valence-electron chi connectivity index (χ0n) is 11.3. The van der Waals surface area contributed by atoms with Gasteiger partial charge < -0.3 is 0 Å². The second-order valence-electron chi connectivity index (χ2n) is 4.40. The summed E-state index contributed by atoms with van der Waals surface area (Å²) in [5, 5.41) is 17.7. The smallest absolute Gasteiger partial charge is 0.144 e. The van der Waals surface area contributed by atoms with E-state index in [2.05, 4.69) is 45.1 Å². The van der Waals surface area contributed by atoms with Crippen LogP contribution in [0.15, 0.2) is 47.2 Å². The molecule has 0 saturated heterocycles. The summed E-state index contributed by atoms with van der Waals surface area (Å²) in [4.78, 5) is 5.23. The molecule has 7 heteroatoms. The third kappa shape index (κ3) is 2.78. The van der Waals surface area contributed by atoms with Crippen LogP contribution in [0.1, 0.15) is 10.7 Å². The molecule has 0 amide bonds. The first-order valence-electron chi connectivity index (χ1n) is 6.54. The second-order valence-corrected chi connectivity index (χ2v) is 7.39. The number of hydrogen-bond donors (Lipinski definition) is 0. The fourth-order valence-corrected chi connectivity index (χ4v) is 4.27. The maximum atomic E-state index is 4.40. The summed E-state index contributed by atoms with van der Waals surface area (Å²) in [6.45, 7) is 0. The monoisotopic (exact) mass is 342 g/mol. The normalized spacial score (nSPS) is 11.5. The highest BCUT2D eigenvalue weighted by Crippen LogP contribution is 2.32. The maximum absolute atomic E-state index is 4.40. The van der Waals surface area contributed by atoms with Crippen molar-refractivity contribution in [2.75, 3.05) is 0 Å². The van der Waals surface area contributed by atoms with Crippen molar-refractivity contribution >= 4 is 46.2 Å². The van der Waals surface area contributed by atoms with Crippen LogP contribution in [-0.4, -0.2) is 20.2 Å². The summed E-state index contributed by atoms with van der Waals surface area (Å²) in [7, 11) is 0. The topological polar surface area (TPSA) is 43.6 Å². The lowest BCUT2D eigenvalue weighted by atomic mass is 10.4. The molecular formula is C15H10N4S3. The van der Waals surface area contributed by atoms with Gasteiger partial charge in [-0.15, -0.1) is 49.0 Å². The Kier molecular flexibility index (Phi) is 3.67. The lowest BCUT2D eigenvalue weighted by Gasteiger charge is -1.91. The summed E-state index contributed by atoms with van der Waals surface area (Å²) in [6, 6.07) is 12.4. The molecule has 0 spiro atoms. The third-order valence-corrected chi connectivity index (χ3v) is 5.88. The van der Waals surface area contributed by atoms with Gasteiger partial charge in [0.2, 0.25) is 0 Å². The van der Waals surface area contributed by atoms with E-state index < -0.39 is 0 Å². The molecule has 4 heterocycles. The van der Waals surface area contributed by atoms with Crippen LogP contribution in [0.3, 0.4) is 0 Å². The number of tetrazole rings is 1. The van der Waals surface area contributed by atoms with E-state index in [1.54, 1.807) is 38.8 Å². The number of rotatable bonds is 4. The molecule has 4 rings (SSSR count). The Morgan fingerprint density at radius 1 is 0.909 bits per heavy atom. The lowest BCUT2D eigenvalue weighted by Crippen LogP contribution is -1.95. The van der Waals surface area contributed by atoms with Crippen LogP contribution in [0.4, 0.5) is 0 Å². The van der Waals surface area contributed by atoms with Crippen LogP contribution in [0, 0.1) is 0 Å². The van der Waals surface area contributed by atoms with Gasteiger partial charge in [-0.05, 0) is 52.4 Å². The average molecular weight is 342 g/mol. The number of nitrogens with zero attached hydrogens (tertiary/aromatic N) is 4. The first-order chi connectivity index (χ1) is 10.9. The van der Waals surface area contributed by atoms with E-state index in [4.69, 9.17) is 0 Å². The van der Waals surface area contributed by atoms with Gasteiger partial charge in [-0.25, -0.2) is 0 Å². The minimum absolute atomic E-state index is 0.611. The van der Waals surface area contributed by atoms with Gasteiger partial charge in [-0.2, -0.15) is 0 Å². The van der Waals surface area contributed by atoms with Crippen molar-refractivity contribution < 1.29 is 0 Å². The second kappa shape index (κ2) is 5.96. The van der Waals surface area contributed by atoms with Crippen molar-refractivity contribution in [1.29, 1.82) is 0 Å². The lowest BCUT2D eigenvalue weighted by molar-refractivity contribution is 0.731. The molecule has 4 aromatic heterocycles. The van der Waals surface area contributed by atoms with Crippen molar-refractivity contribution in [2.45, 2.75) is 0 Å². The Hall–Kier alpha value is -2.09. The van der Waals surface area contributed by atoms with Gasteiger partial charge in [0.25, 0.3) is 0 Å². The number of aromatic nitrogens is 4. The van der Waals surface area contributed by atoms with Gasteiger partial charge in [-0.1, -0.05) is 12.1 Å². The first-order valence-corrected chi connectivity index (χ1v) is 9.12. The number of hydrogen-bond acceptors (Lipinski definition) is 6. The predicted molar refractivity (Wildman–Crippen MR) is 93.6 cm³/mol. The molecule has 0 aliphatic rings. The standard InChI is InChI=1S/C15H10N4S3/c1-3-11(20-9-1)5-7-14-16-18-19(17-14)15-8-6-13(22-15)12-4-2-10-21-12/h1-10H/b7-5+. The van der Waals surface area contributed by atoms with E-state index in [-0.39, 0.29) is 0 Å². The number of thiophene rings is 3. The van der Waals surface area contributed by atoms with Gasteiger partial charge >= 0.3 is 0 Å². The summed E-state index contributed by atoms with van der Waals surface area (Å²) < 4.78 is 0. The molecule has 0 radical (unpaired) electrons. The SMILES string of the molecule is C(=C\c1cccs1)/c1nnn(-c2ccc(-c3cccs3)s2)n1. The third-order valence-electron chi connectivity index (χ3n) is 2.92. The van der Waals surface area contributed by atoms with Crippen LogP contribution < -0.4 is 0 Å². The van der Waals surface area contributed by atoms with Gasteiger partial charge in [0.1, 0.15) is 5.00 Å². The van der Waals surface area contributed by atoms with E-state index >= 15 is 0 Å². The molecule has 0 bridgehead atoms. The molecule has 0 aromatic carbocycles. The van der Waals surface area contributed by atoms with Crippen molar-refractivity contribution in [3.05, 3.63) is 57.9 Å². The minimum Gasteiger partial charge on any atom is -0.144 e. The molecule has 0 unspecified atom stereocenters. The Morgan fingerprint density at radius 2 is 1.82 bits per heavy atom. The van der Waals surface area contributed by atoms with Crippen LogP contribution in [0.25, 0.3) is 26.9 Å². The molecule has 0 atom stereocenters. The molecule has 4 aromatic rings. The Bertz CT molecular complexity index is 885. The van der Waals surface area contributed by atoms with Gasteiger partial charge in [0.15, 0.2) is 5.82 Å². The van der Waals surface area contributed by atoms with Gasteiger partial charge in [-0.3, -0.25) is 0 Å². The zero-order chi connectivity index (χ0) is 14.8. The van der Waals surface area contributed by atoms with Gasteiger partial charge in [0, 0.05) is 14.6 Å². The summed E-state index contributed by atoms with van der Waals surface area (Å²) in [5.74, 6) is 0.611. The van der Waals surface area contributed by atoms with Crippen LogP contribution in [0.2, 0.25) is 0 Å². The quantitative estimate of drug-likeness (QED) is 0.541. The summed E-state index contributed by atoms with van der Waals surface area (Å²) >= 11 is 5.07. The van der Waals surface area contributed by atoms with Crippen molar-refractivity contribution in [2.24, 2.45) is 0 Å². The van der Waals surface area contributed by atoms with Crippen LogP contribution in [0.5, 0.6) is 0 Å². The van der Waals surface area contributed by atoms with Crippen molar-refractivity contribution in [1.82, 2.24) is 20.2 Å². The molecule has 4 nitrogen and oxygen atoms in total. The van der Waals surface area contributed by atoms with Crippen LogP contribution >= 0.6 is 34.0 Å². The molecule has 0 fully saturated rings. The van der Waals surface area contributed by atoms with E-state index in [0.29, 0.717) is 5.82 Å². The molecule has 0 saturated carbocycles. The van der Waals surface area contributed by atoms with Gasteiger partial charge in [0.05, 0.1) is 0 Å². The van der Waals surface area contributed by atoms with E-state index in [9.17, 15) is 0 Å². The maximum Gasteiger partial charge on any atom is 0.198 e. The highest BCUT2D eigenvalue weighted by atomic mass is 32.1. The highest BCUT2D eigenvalue weighted by molar-refractivity contribution is 7.22. The summed E-state index contributed by atoms with van der Waals surface area (Å²) in [6.07, 6.45) is 3.88. The molecule has 0 aliphatic carbocycles. The largest absolute Gasteiger partial charge is 0.198 e. The van der Waals surface area contributed by atoms with E-state index in [0.717, 1.165) is 5.00 Å². The van der Waals surface area contributed by atoms with E-state index in [1.165, 1.54) is 14.6 Å². The first kappa shape index (κ1) is 13.6. The minimum atomic E-state index is 0.611. The van der Waals surface area contributed by atoms with E-state index in [1.807, 2.05) is 29.7 Å². The Labute approximate surface area is 139 Å². The molecular weight excluding hydrogens is 332 g/mol. The zero-order valence-corrected chi connectivity index (χ0v) is 13.7. The molecule has 108 valence electrons. The fraction of sp³-hybridized carbons (Fsp3) is 0. The average Bonchev–Trinajstić information content (AvgIpc) is 3.33. The fourth-order valence-electron chi connectivity index (χ4n) is 1.91. The Morgan fingerprint density at radius 3 is 2.64 bits per heavy atom. The highest BCUT2D eigenvalue weighted by Gasteiger charge is 2.08. The van der Waals surface area contributed by atoms with Crippen molar-refractivity contribution in [3.8, 4) is 14.8 Å². The van der Waals surface area contributed by atoms with Crippen LogP contribution in [-0.2, 0) is 0 Å². The molecule has 0 aliphatic heterocycles. The predicted octanol–water partition coefficient (Wildman–Crippen LogP) is 4.68. The Balaban J connectivity index is 1.56.